The number of carbonyl (C=O) groups excluding carboxylic acids is 2. The zero-order valence-corrected chi connectivity index (χ0v) is 21.5. The number of H-pyrrole nitrogens is 1. The van der Waals surface area contributed by atoms with Gasteiger partial charge in [-0.1, -0.05) is 67.8 Å². The van der Waals surface area contributed by atoms with Crippen molar-refractivity contribution in [2.75, 3.05) is 39.4 Å². The molecule has 1 aromatic heterocycles. The van der Waals surface area contributed by atoms with Gasteiger partial charge in [-0.2, -0.15) is 0 Å². The number of amides is 2. The maximum Gasteiger partial charge on any atom is 0.247 e. The maximum absolute atomic E-state index is 14.0. The van der Waals surface area contributed by atoms with E-state index in [-0.39, 0.29) is 24.3 Å². The lowest BCUT2D eigenvalue weighted by Gasteiger charge is -2.35. The molecule has 2 N–H and O–H groups in total. The van der Waals surface area contributed by atoms with Crippen LogP contribution in [-0.2, 0) is 20.7 Å². The van der Waals surface area contributed by atoms with Crippen LogP contribution in [0.2, 0.25) is 0 Å². The Morgan fingerprint density at radius 2 is 1.73 bits per heavy atom. The number of benzene rings is 2. The Morgan fingerprint density at radius 3 is 2.51 bits per heavy atom. The van der Waals surface area contributed by atoms with E-state index in [0.717, 1.165) is 60.8 Å². The predicted octanol–water partition coefficient (Wildman–Crippen LogP) is 4.06. The molecule has 3 aromatic rings. The number of carbonyl (C=O) groups is 2. The highest BCUT2D eigenvalue weighted by molar-refractivity contribution is 5.92. The van der Waals surface area contributed by atoms with Crippen molar-refractivity contribution in [3.05, 3.63) is 71.9 Å². The second kappa shape index (κ2) is 12.4. The average Bonchev–Trinajstić information content (AvgIpc) is 3.35. The van der Waals surface area contributed by atoms with E-state index in [1.54, 1.807) is 0 Å². The molecule has 0 radical (unpaired) electrons. The number of para-hydroxylation sites is 1. The molecule has 0 unspecified atom stereocenters. The van der Waals surface area contributed by atoms with E-state index in [1.807, 2.05) is 65.7 Å². The smallest absolute Gasteiger partial charge is 0.247 e. The second-order valence-corrected chi connectivity index (χ2v) is 10.2. The first kappa shape index (κ1) is 25.5. The van der Waals surface area contributed by atoms with Crippen LogP contribution in [0.15, 0.2) is 60.8 Å². The first-order valence-corrected chi connectivity index (χ1v) is 13.7. The zero-order chi connectivity index (χ0) is 25.5. The van der Waals surface area contributed by atoms with Crippen LogP contribution in [0.1, 0.15) is 49.3 Å². The van der Waals surface area contributed by atoms with Crippen molar-refractivity contribution >= 4 is 22.7 Å². The van der Waals surface area contributed by atoms with Crippen molar-refractivity contribution < 1.29 is 14.3 Å². The van der Waals surface area contributed by atoms with Crippen LogP contribution in [0.5, 0.6) is 0 Å². The summed E-state index contributed by atoms with van der Waals surface area (Å²) in [5, 5.41) is 4.35. The lowest BCUT2D eigenvalue weighted by atomic mass is 9.94. The highest BCUT2D eigenvalue weighted by Gasteiger charge is 2.33. The Kier molecular flexibility index (Phi) is 8.53. The highest BCUT2D eigenvalue weighted by Crippen LogP contribution is 2.26. The fraction of sp³-hybridized carbons (Fsp3) is 0.467. The van der Waals surface area contributed by atoms with E-state index in [2.05, 4.69) is 15.2 Å². The Bertz CT molecular complexity index is 1170. The van der Waals surface area contributed by atoms with E-state index in [1.165, 1.54) is 6.42 Å². The first-order valence-electron chi connectivity index (χ1n) is 13.7. The molecular formula is C30H38N4O3. The molecule has 2 amide bonds. The highest BCUT2D eigenvalue weighted by atomic mass is 16.5. The molecule has 2 fully saturated rings. The van der Waals surface area contributed by atoms with Crippen LogP contribution in [0.4, 0.5) is 0 Å². The van der Waals surface area contributed by atoms with Gasteiger partial charge in [-0.05, 0) is 30.0 Å². The summed E-state index contributed by atoms with van der Waals surface area (Å²) in [5.74, 6) is -0.113. The summed E-state index contributed by atoms with van der Waals surface area (Å²) in [7, 11) is 0. The summed E-state index contributed by atoms with van der Waals surface area (Å²) in [5.41, 5.74) is 2.82. The lowest BCUT2D eigenvalue weighted by molar-refractivity contribution is -0.141. The third-order valence-electron chi connectivity index (χ3n) is 7.72. The second-order valence-electron chi connectivity index (χ2n) is 10.2. The summed E-state index contributed by atoms with van der Waals surface area (Å²) in [6.07, 6.45) is 7.68. The van der Waals surface area contributed by atoms with Crippen LogP contribution in [0.3, 0.4) is 0 Å². The van der Waals surface area contributed by atoms with Crippen LogP contribution in [-0.4, -0.2) is 72.0 Å². The molecule has 5 rings (SSSR count). The molecule has 1 saturated carbocycles. The first-order chi connectivity index (χ1) is 18.2. The van der Waals surface area contributed by atoms with E-state index in [0.29, 0.717) is 26.3 Å². The van der Waals surface area contributed by atoms with Crippen LogP contribution >= 0.6 is 0 Å². The molecular weight excluding hydrogens is 464 g/mol. The van der Waals surface area contributed by atoms with Gasteiger partial charge in [-0.3, -0.25) is 14.5 Å². The van der Waals surface area contributed by atoms with Gasteiger partial charge < -0.3 is 19.9 Å². The van der Waals surface area contributed by atoms with E-state index >= 15 is 0 Å². The molecule has 7 heteroatoms. The number of fused-ring (bicyclic) bond motifs is 1. The standard InChI is InChI=1S/C30H38N4O3/c35-28(21-24-22-31-27-14-8-7-13-26(24)27)34(16-15-33-17-19-37-20-18-33)29(23-9-3-1-4-10-23)30(36)32-25-11-5-2-6-12-25/h1,3-4,7-10,13-14,22,25,29,31H,2,5-6,11-12,15-21H2,(H,32,36)/t29-/m0/s1. The SMILES string of the molecule is O=C(NC1CCCCC1)[C@H](c1ccccc1)N(CCN1CCOCC1)C(=O)Cc1c[nH]c2ccccc12. The number of hydrogen-bond acceptors (Lipinski definition) is 4. The molecule has 1 atom stereocenters. The van der Waals surface area contributed by atoms with Gasteiger partial charge in [0, 0.05) is 49.3 Å². The van der Waals surface area contributed by atoms with Gasteiger partial charge in [-0.25, -0.2) is 0 Å². The molecule has 0 spiro atoms. The van der Waals surface area contributed by atoms with Gasteiger partial charge in [0.25, 0.3) is 0 Å². The van der Waals surface area contributed by atoms with E-state index in [9.17, 15) is 9.59 Å². The van der Waals surface area contributed by atoms with Gasteiger partial charge in [0.05, 0.1) is 19.6 Å². The number of morpholine rings is 1. The number of nitrogens with zero attached hydrogens (tertiary/aromatic N) is 2. The third-order valence-corrected chi connectivity index (χ3v) is 7.72. The fourth-order valence-electron chi connectivity index (χ4n) is 5.65. The Hall–Kier alpha value is -3.16. The predicted molar refractivity (Wildman–Crippen MR) is 145 cm³/mol. The van der Waals surface area contributed by atoms with Crippen molar-refractivity contribution in [2.45, 2.75) is 50.6 Å². The number of aromatic amines is 1. The molecule has 7 nitrogen and oxygen atoms in total. The maximum atomic E-state index is 14.0. The minimum atomic E-state index is -0.665. The molecule has 37 heavy (non-hydrogen) atoms. The Balaban J connectivity index is 1.42. The Labute approximate surface area is 219 Å². The quantitative estimate of drug-likeness (QED) is 0.463. The van der Waals surface area contributed by atoms with E-state index in [4.69, 9.17) is 4.74 Å². The molecule has 1 aliphatic heterocycles. The van der Waals surface area contributed by atoms with Gasteiger partial charge in [0.1, 0.15) is 6.04 Å². The summed E-state index contributed by atoms with van der Waals surface area (Å²) in [6.45, 7) is 4.28. The lowest BCUT2D eigenvalue weighted by Crippen LogP contribution is -2.50. The summed E-state index contributed by atoms with van der Waals surface area (Å²) in [4.78, 5) is 35.3. The van der Waals surface area contributed by atoms with Crippen LogP contribution in [0.25, 0.3) is 10.9 Å². The molecule has 196 valence electrons. The minimum Gasteiger partial charge on any atom is -0.379 e. The van der Waals surface area contributed by atoms with Crippen LogP contribution in [0, 0.1) is 0 Å². The van der Waals surface area contributed by atoms with Crippen molar-refractivity contribution in [3.8, 4) is 0 Å². The molecule has 2 aliphatic rings. The molecule has 2 aromatic carbocycles. The zero-order valence-electron chi connectivity index (χ0n) is 21.5. The Morgan fingerprint density at radius 1 is 1.00 bits per heavy atom. The van der Waals surface area contributed by atoms with Crippen molar-refractivity contribution in [2.24, 2.45) is 0 Å². The fourth-order valence-corrected chi connectivity index (χ4v) is 5.65. The summed E-state index contributed by atoms with van der Waals surface area (Å²) in [6, 6.07) is 17.3. The normalized spacial score (nSPS) is 17.9. The van der Waals surface area contributed by atoms with Gasteiger partial charge >= 0.3 is 0 Å². The number of rotatable bonds is 9. The van der Waals surface area contributed by atoms with Crippen LogP contribution < -0.4 is 5.32 Å². The number of hydrogen-bond donors (Lipinski definition) is 2. The number of ether oxygens (including phenoxy) is 1. The average molecular weight is 503 g/mol. The topological polar surface area (TPSA) is 77.7 Å². The van der Waals surface area contributed by atoms with E-state index < -0.39 is 6.04 Å². The number of nitrogens with one attached hydrogen (secondary N) is 2. The van der Waals surface area contributed by atoms with Crippen molar-refractivity contribution in [1.82, 2.24) is 20.1 Å². The van der Waals surface area contributed by atoms with Gasteiger partial charge in [0.2, 0.25) is 11.8 Å². The number of aromatic nitrogens is 1. The molecule has 2 heterocycles. The summed E-state index contributed by atoms with van der Waals surface area (Å²) < 4.78 is 5.51. The molecule has 1 aliphatic carbocycles. The third kappa shape index (κ3) is 6.40. The van der Waals surface area contributed by atoms with Gasteiger partial charge in [0.15, 0.2) is 0 Å². The van der Waals surface area contributed by atoms with Crippen molar-refractivity contribution in [1.29, 1.82) is 0 Å². The minimum absolute atomic E-state index is 0.0364. The largest absolute Gasteiger partial charge is 0.379 e. The molecule has 1 saturated heterocycles. The summed E-state index contributed by atoms with van der Waals surface area (Å²) >= 11 is 0. The van der Waals surface area contributed by atoms with Crippen molar-refractivity contribution in [3.63, 3.8) is 0 Å². The van der Waals surface area contributed by atoms with Gasteiger partial charge in [-0.15, -0.1) is 0 Å². The molecule has 0 bridgehead atoms. The monoisotopic (exact) mass is 502 g/mol.